The lowest BCUT2D eigenvalue weighted by Crippen LogP contribution is -2.32. The Labute approximate surface area is 147 Å². The summed E-state index contributed by atoms with van der Waals surface area (Å²) in [5, 5.41) is 2.81. The molecular formula is C19H22N2O2S. The van der Waals surface area contributed by atoms with E-state index in [1.165, 1.54) is 11.8 Å². The number of nitrogens with one attached hydrogen (secondary N) is 1. The van der Waals surface area contributed by atoms with E-state index in [-0.39, 0.29) is 17.6 Å². The van der Waals surface area contributed by atoms with E-state index < -0.39 is 0 Å². The summed E-state index contributed by atoms with van der Waals surface area (Å²) in [6, 6.07) is 19.2. The fourth-order valence-corrected chi connectivity index (χ4v) is 2.94. The molecule has 0 saturated heterocycles. The Morgan fingerprint density at radius 2 is 1.58 bits per heavy atom. The maximum absolute atomic E-state index is 12.3. The molecule has 0 aliphatic carbocycles. The van der Waals surface area contributed by atoms with Gasteiger partial charge < -0.3 is 10.2 Å². The van der Waals surface area contributed by atoms with Gasteiger partial charge >= 0.3 is 0 Å². The lowest BCUT2D eigenvalue weighted by atomic mass is 10.2. The van der Waals surface area contributed by atoms with Gasteiger partial charge in [0.1, 0.15) is 0 Å². The second-order valence-corrected chi connectivity index (χ2v) is 6.29. The van der Waals surface area contributed by atoms with E-state index in [0.717, 1.165) is 11.3 Å². The summed E-state index contributed by atoms with van der Waals surface area (Å²) < 4.78 is 0. The highest BCUT2D eigenvalue weighted by atomic mass is 32.2. The number of amides is 2. The average molecular weight is 342 g/mol. The first-order valence-electron chi connectivity index (χ1n) is 7.93. The summed E-state index contributed by atoms with van der Waals surface area (Å²) in [4.78, 5) is 26.0. The Morgan fingerprint density at radius 1 is 0.958 bits per heavy atom. The van der Waals surface area contributed by atoms with Crippen LogP contribution in [0.3, 0.4) is 0 Å². The smallest absolute Gasteiger partial charge is 0.234 e. The molecule has 2 aromatic carbocycles. The fraction of sp³-hybridized carbons (Fsp3) is 0.263. The zero-order chi connectivity index (χ0) is 17.2. The van der Waals surface area contributed by atoms with Crippen molar-refractivity contribution < 1.29 is 9.59 Å². The number of nitrogens with zero attached hydrogens (tertiary/aromatic N) is 1. The minimum Gasteiger partial charge on any atom is -0.338 e. The number of para-hydroxylation sites is 1. The van der Waals surface area contributed by atoms with Crippen LogP contribution in [0.4, 0.5) is 5.69 Å². The van der Waals surface area contributed by atoms with Crippen LogP contribution < -0.4 is 5.32 Å². The third-order valence-corrected chi connectivity index (χ3v) is 4.38. The third-order valence-electron chi connectivity index (χ3n) is 3.47. The molecule has 126 valence electrons. The number of carbonyl (C=O) groups excluding carboxylic acids is 2. The van der Waals surface area contributed by atoms with Gasteiger partial charge in [0.25, 0.3) is 0 Å². The summed E-state index contributed by atoms with van der Waals surface area (Å²) in [7, 11) is 0. The summed E-state index contributed by atoms with van der Waals surface area (Å²) in [6.07, 6.45) is 0. The second kappa shape index (κ2) is 9.78. The topological polar surface area (TPSA) is 49.4 Å². The van der Waals surface area contributed by atoms with E-state index >= 15 is 0 Å². The molecule has 24 heavy (non-hydrogen) atoms. The van der Waals surface area contributed by atoms with Crippen molar-refractivity contribution in [1.82, 2.24) is 4.90 Å². The van der Waals surface area contributed by atoms with E-state index in [1.54, 1.807) is 4.90 Å². The van der Waals surface area contributed by atoms with Crippen molar-refractivity contribution in [2.45, 2.75) is 13.5 Å². The molecule has 0 spiro atoms. The van der Waals surface area contributed by atoms with Gasteiger partial charge in [0.2, 0.25) is 11.8 Å². The normalized spacial score (nSPS) is 10.2. The minimum absolute atomic E-state index is 0.0545. The summed E-state index contributed by atoms with van der Waals surface area (Å²) in [5.41, 5.74) is 1.88. The maximum Gasteiger partial charge on any atom is 0.234 e. The van der Waals surface area contributed by atoms with E-state index in [9.17, 15) is 9.59 Å². The predicted molar refractivity (Wildman–Crippen MR) is 99.9 cm³/mol. The Bertz CT molecular complexity index is 647. The zero-order valence-corrected chi connectivity index (χ0v) is 14.6. The van der Waals surface area contributed by atoms with Crippen LogP contribution in [-0.4, -0.2) is 34.8 Å². The van der Waals surface area contributed by atoms with Crippen LogP contribution in [0.2, 0.25) is 0 Å². The third kappa shape index (κ3) is 6.08. The monoisotopic (exact) mass is 342 g/mol. The Kier molecular flexibility index (Phi) is 7.36. The van der Waals surface area contributed by atoms with E-state index in [2.05, 4.69) is 5.32 Å². The molecular weight excluding hydrogens is 320 g/mol. The van der Waals surface area contributed by atoms with Crippen molar-refractivity contribution in [3.05, 3.63) is 66.2 Å². The van der Waals surface area contributed by atoms with Crippen LogP contribution in [-0.2, 0) is 16.1 Å². The van der Waals surface area contributed by atoms with Gasteiger partial charge in [0, 0.05) is 18.8 Å². The van der Waals surface area contributed by atoms with Crippen molar-refractivity contribution in [3.63, 3.8) is 0 Å². The first-order chi connectivity index (χ1) is 11.7. The molecule has 2 amide bonds. The summed E-state index contributed by atoms with van der Waals surface area (Å²) in [6.45, 7) is 3.23. The van der Waals surface area contributed by atoms with Crippen molar-refractivity contribution >= 4 is 29.3 Å². The first-order valence-corrected chi connectivity index (χ1v) is 9.09. The molecule has 2 aromatic rings. The summed E-state index contributed by atoms with van der Waals surface area (Å²) >= 11 is 1.34. The van der Waals surface area contributed by atoms with Gasteiger partial charge in [-0.25, -0.2) is 0 Å². The predicted octanol–water partition coefficient (Wildman–Crippen LogP) is 3.41. The highest BCUT2D eigenvalue weighted by molar-refractivity contribution is 8.00. The molecule has 0 unspecified atom stereocenters. The van der Waals surface area contributed by atoms with Gasteiger partial charge in [0.15, 0.2) is 0 Å². The molecule has 0 aliphatic heterocycles. The zero-order valence-electron chi connectivity index (χ0n) is 13.8. The molecule has 2 rings (SSSR count). The van der Waals surface area contributed by atoms with E-state index in [0.29, 0.717) is 18.8 Å². The number of thioether (sulfide) groups is 1. The van der Waals surface area contributed by atoms with E-state index in [1.807, 2.05) is 67.6 Å². The number of anilines is 1. The van der Waals surface area contributed by atoms with Crippen LogP contribution in [0.15, 0.2) is 60.7 Å². The molecule has 0 atom stereocenters. The second-order valence-electron chi connectivity index (χ2n) is 5.30. The van der Waals surface area contributed by atoms with Crippen LogP contribution in [0.5, 0.6) is 0 Å². The van der Waals surface area contributed by atoms with Crippen LogP contribution in [0.1, 0.15) is 12.5 Å². The molecule has 0 bridgehead atoms. The quantitative estimate of drug-likeness (QED) is 0.800. The average Bonchev–Trinajstić information content (AvgIpc) is 2.61. The lowest BCUT2D eigenvalue weighted by Gasteiger charge is -2.20. The number of hydrogen-bond acceptors (Lipinski definition) is 3. The number of rotatable bonds is 8. The SMILES string of the molecule is CCN(Cc1ccccc1)C(=O)CSCC(=O)Nc1ccccc1. The lowest BCUT2D eigenvalue weighted by molar-refractivity contribution is -0.128. The largest absolute Gasteiger partial charge is 0.338 e. The standard InChI is InChI=1S/C19H22N2O2S/c1-2-21(13-16-9-5-3-6-10-16)19(23)15-24-14-18(22)20-17-11-7-4-8-12-17/h3-12H,2,13-15H2,1H3,(H,20,22). The Hall–Kier alpha value is -2.27. The molecule has 0 radical (unpaired) electrons. The van der Waals surface area contributed by atoms with Gasteiger partial charge in [-0.1, -0.05) is 48.5 Å². The van der Waals surface area contributed by atoms with Gasteiger partial charge in [-0.05, 0) is 24.6 Å². The molecule has 1 N–H and O–H groups in total. The van der Waals surface area contributed by atoms with E-state index in [4.69, 9.17) is 0 Å². The maximum atomic E-state index is 12.3. The fourth-order valence-electron chi connectivity index (χ4n) is 2.22. The van der Waals surface area contributed by atoms with Crippen LogP contribution >= 0.6 is 11.8 Å². The van der Waals surface area contributed by atoms with Crippen molar-refractivity contribution in [3.8, 4) is 0 Å². The molecule has 0 saturated carbocycles. The van der Waals surface area contributed by atoms with Gasteiger partial charge in [0.05, 0.1) is 11.5 Å². The highest BCUT2D eigenvalue weighted by Gasteiger charge is 2.13. The molecule has 0 heterocycles. The van der Waals surface area contributed by atoms with Crippen molar-refractivity contribution in [1.29, 1.82) is 0 Å². The number of carbonyl (C=O) groups is 2. The number of hydrogen-bond donors (Lipinski definition) is 1. The first kappa shape index (κ1) is 18.1. The van der Waals surface area contributed by atoms with Crippen molar-refractivity contribution in [2.75, 3.05) is 23.4 Å². The summed E-state index contributed by atoms with van der Waals surface area (Å²) in [5.74, 6) is 0.538. The molecule has 0 aromatic heterocycles. The van der Waals surface area contributed by atoms with Gasteiger partial charge in [-0.2, -0.15) is 0 Å². The van der Waals surface area contributed by atoms with Crippen LogP contribution in [0.25, 0.3) is 0 Å². The highest BCUT2D eigenvalue weighted by Crippen LogP contribution is 2.10. The molecule has 0 aliphatic rings. The van der Waals surface area contributed by atoms with Crippen LogP contribution in [0, 0.1) is 0 Å². The van der Waals surface area contributed by atoms with Gasteiger partial charge in [-0.15, -0.1) is 11.8 Å². The molecule has 0 fully saturated rings. The molecule has 5 heteroatoms. The molecule has 4 nitrogen and oxygen atoms in total. The Balaban J connectivity index is 1.74. The van der Waals surface area contributed by atoms with Gasteiger partial charge in [-0.3, -0.25) is 9.59 Å². The van der Waals surface area contributed by atoms with Crippen molar-refractivity contribution in [2.24, 2.45) is 0 Å². The number of benzene rings is 2. The Morgan fingerprint density at radius 3 is 2.21 bits per heavy atom. The minimum atomic E-state index is -0.0925.